The molecule has 112 valence electrons. The minimum absolute atomic E-state index is 0.232. The zero-order chi connectivity index (χ0) is 14.8. The summed E-state index contributed by atoms with van der Waals surface area (Å²) in [5.41, 5.74) is 1.68. The van der Waals surface area contributed by atoms with Gasteiger partial charge in [0, 0.05) is 6.54 Å². The van der Waals surface area contributed by atoms with Gasteiger partial charge in [-0.05, 0) is 31.5 Å². The number of nitrogens with zero attached hydrogens (tertiary/aromatic N) is 1. The fourth-order valence-corrected chi connectivity index (χ4v) is 2.17. The largest absolute Gasteiger partial charge is 0.454 e. The van der Waals surface area contributed by atoms with E-state index in [0.29, 0.717) is 30.5 Å². The fraction of sp³-hybridized carbons (Fsp3) is 0.400. The normalized spacial score (nSPS) is 14.4. The molecule has 1 aliphatic heterocycles. The molecule has 6 heteroatoms. The van der Waals surface area contributed by atoms with Crippen LogP contribution in [0.15, 0.2) is 22.6 Å². The Kier molecular flexibility index (Phi) is 3.81. The van der Waals surface area contributed by atoms with Crippen LogP contribution in [0.1, 0.15) is 29.0 Å². The molecule has 2 N–H and O–H groups in total. The van der Waals surface area contributed by atoms with E-state index in [2.05, 4.69) is 10.3 Å². The van der Waals surface area contributed by atoms with Gasteiger partial charge < -0.3 is 24.3 Å². The number of hydrogen-bond acceptors (Lipinski definition) is 6. The van der Waals surface area contributed by atoms with Crippen LogP contribution in [-0.2, 0) is 6.54 Å². The monoisotopic (exact) mass is 290 g/mol. The predicted octanol–water partition coefficient (Wildman–Crippen LogP) is 1.84. The smallest absolute Gasteiger partial charge is 0.231 e. The van der Waals surface area contributed by atoms with E-state index >= 15 is 0 Å². The number of aliphatic hydroxyl groups is 1. The number of fused-ring (bicyclic) bond motifs is 1. The zero-order valence-corrected chi connectivity index (χ0v) is 12.0. The highest BCUT2D eigenvalue weighted by Gasteiger charge is 2.16. The second kappa shape index (κ2) is 5.75. The van der Waals surface area contributed by atoms with Crippen LogP contribution in [0.4, 0.5) is 0 Å². The number of nitrogens with one attached hydrogen (secondary N) is 1. The maximum atomic E-state index is 10.2. The third-order valence-corrected chi connectivity index (χ3v) is 3.47. The van der Waals surface area contributed by atoms with Gasteiger partial charge in [0.15, 0.2) is 11.5 Å². The van der Waals surface area contributed by atoms with Crippen molar-refractivity contribution in [1.29, 1.82) is 0 Å². The lowest BCUT2D eigenvalue weighted by Gasteiger charge is -2.12. The first-order valence-electron chi connectivity index (χ1n) is 6.84. The maximum absolute atomic E-state index is 10.2. The lowest BCUT2D eigenvalue weighted by Crippen LogP contribution is -2.21. The predicted molar refractivity (Wildman–Crippen MR) is 75.2 cm³/mol. The molecule has 1 aromatic heterocycles. The van der Waals surface area contributed by atoms with Gasteiger partial charge in [-0.15, -0.1) is 0 Å². The van der Waals surface area contributed by atoms with E-state index in [0.717, 1.165) is 17.0 Å². The van der Waals surface area contributed by atoms with E-state index in [1.807, 2.05) is 26.0 Å². The van der Waals surface area contributed by atoms with Crippen molar-refractivity contribution in [3.8, 4) is 11.5 Å². The van der Waals surface area contributed by atoms with Gasteiger partial charge >= 0.3 is 0 Å². The van der Waals surface area contributed by atoms with Crippen LogP contribution in [0.2, 0.25) is 0 Å². The number of ether oxygens (including phenoxy) is 2. The van der Waals surface area contributed by atoms with Crippen molar-refractivity contribution in [3.05, 3.63) is 41.1 Å². The topological polar surface area (TPSA) is 76.8 Å². The number of aryl methyl sites for hydroxylation is 2. The van der Waals surface area contributed by atoms with E-state index in [4.69, 9.17) is 13.9 Å². The highest BCUT2D eigenvalue weighted by Crippen LogP contribution is 2.34. The number of benzene rings is 1. The van der Waals surface area contributed by atoms with E-state index in [1.54, 1.807) is 6.07 Å². The Hall–Kier alpha value is -2.05. The maximum Gasteiger partial charge on any atom is 0.231 e. The standard InChI is InChI=1S/C15H18N2O4/c1-9-10(2)21-15(17-9)7-16-6-12(18)11-3-4-13-14(5-11)20-8-19-13/h3-5,12,16,18H,6-8H2,1-2H3. The van der Waals surface area contributed by atoms with Crippen LogP contribution in [-0.4, -0.2) is 23.4 Å². The summed E-state index contributed by atoms with van der Waals surface area (Å²) < 4.78 is 16.0. The minimum atomic E-state index is -0.628. The average Bonchev–Trinajstić information content (AvgIpc) is 3.05. The molecule has 3 rings (SSSR count). The lowest BCUT2D eigenvalue weighted by atomic mass is 10.1. The zero-order valence-electron chi connectivity index (χ0n) is 12.0. The number of rotatable bonds is 5. The molecule has 2 aromatic rings. The summed E-state index contributed by atoms with van der Waals surface area (Å²) in [6, 6.07) is 5.44. The van der Waals surface area contributed by atoms with Crippen molar-refractivity contribution in [2.45, 2.75) is 26.5 Å². The third-order valence-electron chi connectivity index (χ3n) is 3.47. The molecule has 0 saturated carbocycles. The summed E-state index contributed by atoms with van der Waals surface area (Å²) in [5, 5.41) is 13.3. The molecular weight excluding hydrogens is 272 g/mol. The molecule has 0 bridgehead atoms. The molecule has 2 heterocycles. The number of hydrogen-bond donors (Lipinski definition) is 2. The van der Waals surface area contributed by atoms with Crippen molar-refractivity contribution < 1.29 is 19.0 Å². The molecule has 0 saturated heterocycles. The number of oxazole rings is 1. The molecule has 21 heavy (non-hydrogen) atoms. The first kappa shape index (κ1) is 13.9. The first-order chi connectivity index (χ1) is 10.1. The summed E-state index contributed by atoms with van der Waals surface area (Å²) in [6.45, 7) is 4.91. The average molecular weight is 290 g/mol. The second-order valence-corrected chi connectivity index (χ2v) is 5.01. The molecule has 1 aliphatic rings. The van der Waals surface area contributed by atoms with Crippen molar-refractivity contribution >= 4 is 0 Å². The quantitative estimate of drug-likeness (QED) is 0.875. The summed E-state index contributed by atoms with van der Waals surface area (Å²) in [4.78, 5) is 4.28. The Balaban J connectivity index is 1.55. The summed E-state index contributed by atoms with van der Waals surface area (Å²) in [6.07, 6.45) is -0.628. The number of aromatic nitrogens is 1. The first-order valence-corrected chi connectivity index (χ1v) is 6.84. The van der Waals surface area contributed by atoms with Crippen LogP contribution >= 0.6 is 0 Å². The molecule has 1 aromatic carbocycles. The molecule has 1 unspecified atom stereocenters. The van der Waals surface area contributed by atoms with E-state index < -0.39 is 6.10 Å². The summed E-state index contributed by atoms with van der Waals surface area (Å²) >= 11 is 0. The van der Waals surface area contributed by atoms with E-state index in [9.17, 15) is 5.11 Å². The third kappa shape index (κ3) is 3.01. The van der Waals surface area contributed by atoms with Gasteiger partial charge in [-0.2, -0.15) is 0 Å². The summed E-state index contributed by atoms with van der Waals surface area (Å²) in [5.74, 6) is 2.83. The second-order valence-electron chi connectivity index (χ2n) is 5.01. The minimum Gasteiger partial charge on any atom is -0.454 e. The van der Waals surface area contributed by atoms with Crippen LogP contribution in [0, 0.1) is 13.8 Å². The summed E-state index contributed by atoms with van der Waals surface area (Å²) in [7, 11) is 0. The molecule has 0 fully saturated rings. The van der Waals surface area contributed by atoms with Crippen LogP contribution in [0.25, 0.3) is 0 Å². The Labute approximate surface area is 122 Å². The van der Waals surface area contributed by atoms with Crippen molar-refractivity contribution in [1.82, 2.24) is 10.3 Å². The highest BCUT2D eigenvalue weighted by molar-refractivity contribution is 5.45. The Morgan fingerprint density at radius 2 is 2.10 bits per heavy atom. The van der Waals surface area contributed by atoms with Crippen LogP contribution < -0.4 is 14.8 Å². The van der Waals surface area contributed by atoms with Crippen LogP contribution in [0.3, 0.4) is 0 Å². The SMILES string of the molecule is Cc1nc(CNCC(O)c2ccc3c(c2)OCO3)oc1C. The molecule has 0 spiro atoms. The van der Waals surface area contributed by atoms with Gasteiger partial charge in [-0.1, -0.05) is 6.07 Å². The van der Waals surface area contributed by atoms with Crippen molar-refractivity contribution in [2.75, 3.05) is 13.3 Å². The van der Waals surface area contributed by atoms with Crippen molar-refractivity contribution in [3.63, 3.8) is 0 Å². The number of aliphatic hydroxyl groups excluding tert-OH is 1. The van der Waals surface area contributed by atoms with Gasteiger partial charge in [0.2, 0.25) is 12.7 Å². The molecular formula is C15H18N2O4. The fourth-order valence-electron chi connectivity index (χ4n) is 2.17. The Morgan fingerprint density at radius 1 is 1.29 bits per heavy atom. The molecule has 0 radical (unpaired) electrons. The van der Waals surface area contributed by atoms with Gasteiger partial charge in [0.1, 0.15) is 5.76 Å². The lowest BCUT2D eigenvalue weighted by molar-refractivity contribution is 0.169. The Morgan fingerprint density at radius 3 is 2.86 bits per heavy atom. The van der Waals surface area contributed by atoms with Crippen molar-refractivity contribution in [2.24, 2.45) is 0 Å². The molecule has 1 atom stereocenters. The molecule has 0 aliphatic carbocycles. The van der Waals surface area contributed by atoms with E-state index in [1.165, 1.54) is 0 Å². The van der Waals surface area contributed by atoms with E-state index in [-0.39, 0.29) is 6.79 Å². The van der Waals surface area contributed by atoms with Gasteiger partial charge in [0.05, 0.1) is 18.3 Å². The van der Waals surface area contributed by atoms with Gasteiger partial charge in [-0.25, -0.2) is 4.98 Å². The van der Waals surface area contributed by atoms with Gasteiger partial charge in [0.25, 0.3) is 0 Å². The highest BCUT2D eigenvalue weighted by atomic mass is 16.7. The van der Waals surface area contributed by atoms with Gasteiger partial charge in [-0.3, -0.25) is 0 Å². The Bertz CT molecular complexity index is 619. The molecule has 6 nitrogen and oxygen atoms in total. The molecule has 0 amide bonds. The van der Waals surface area contributed by atoms with Crippen LogP contribution in [0.5, 0.6) is 11.5 Å².